The second-order valence-electron chi connectivity index (χ2n) is 8.15. The molecule has 5 nitrogen and oxygen atoms in total. The Morgan fingerprint density at radius 2 is 1.87 bits per heavy atom. The summed E-state index contributed by atoms with van der Waals surface area (Å²) in [6, 6.07) is 15.5. The number of unbranched alkanes of at least 4 members (excludes halogenated alkanes) is 1. The van der Waals surface area contributed by atoms with E-state index >= 15 is 0 Å². The fourth-order valence-corrected chi connectivity index (χ4v) is 5.12. The number of para-hydroxylation sites is 1. The van der Waals surface area contributed by atoms with Crippen molar-refractivity contribution in [3.63, 3.8) is 0 Å². The minimum Gasteiger partial charge on any atom is -0.356 e. The van der Waals surface area contributed by atoms with Gasteiger partial charge in [-0.3, -0.25) is 9.59 Å². The fraction of sp³-hybridized carbons (Fsp3) is 0.333. The van der Waals surface area contributed by atoms with Crippen LogP contribution < -0.4 is 0 Å². The van der Waals surface area contributed by atoms with Crippen molar-refractivity contribution in [3.05, 3.63) is 69.8 Å². The van der Waals surface area contributed by atoms with Gasteiger partial charge in [-0.05, 0) is 35.7 Å². The number of carbonyl (C=O) groups excluding carboxylic acids is 2. The van der Waals surface area contributed by atoms with E-state index in [1.165, 1.54) is 0 Å². The number of amides is 2. The number of fused-ring (bicyclic) bond motifs is 4. The summed E-state index contributed by atoms with van der Waals surface area (Å²) in [5.74, 6) is 0.0917. The fourth-order valence-electron chi connectivity index (χ4n) is 4.85. The maximum Gasteiger partial charge on any atom is 0.246 e. The lowest BCUT2D eigenvalue weighted by Gasteiger charge is -2.47. The third-order valence-corrected chi connectivity index (χ3v) is 6.84. The summed E-state index contributed by atoms with van der Waals surface area (Å²) in [6.45, 7) is 2.91. The highest BCUT2D eigenvalue weighted by atomic mass is 79.9. The lowest BCUT2D eigenvalue weighted by Crippen LogP contribution is -2.63. The molecule has 2 atom stereocenters. The van der Waals surface area contributed by atoms with Crippen molar-refractivity contribution in [2.24, 2.45) is 0 Å². The van der Waals surface area contributed by atoms with E-state index in [-0.39, 0.29) is 24.4 Å². The van der Waals surface area contributed by atoms with Gasteiger partial charge < -0.3 is 14.8 Å². The highest BCUT2D eigenvalue weighted by molar-refractivity contribution is 9.10. The number of halogens is 1. The second-order valence-corrected chi connectivity index (χ2v) is 9.07. The van der Waals surface area contributed by atoms with Gasteiger partial charge in [0, 0.05) is 34.0 Å². The molecule has 30 heavy (non-hydrogen) atoms. The molecule has 6 heteroatoms. The highest BCUT2D eigenvalue weighted by Gasteiger charge is 2.47. The summed E-state index contributed by atoms with van der Waals surface area (Å²) in [5, 5.41) is 1.14. The molecule has 0 aliphatic carbocycles. The first-order chi connectivity index (χ1) is 14.6. The molecule has 2 aromatic carbocycles. The Kier molecular flexibility index (Phi) is 4.89. The average Bonchev–Trinajstić information content (AvgIpc) is 3.13. The molecule has 5 rings (SSSR count). The van der Waals surface area contributed by atoms with Gasteiger partial charge in [0.05, 0.1) is 12.6 Å². The number of aromatic amines is 1. The maximum absolute atomic E-state index is 13.4. The van der Waals surface area contributed by atoms with Crippen LogP contribution in [0.4, 0.5) is 0 Å². The molecule has 0 bridgehead atoms. The van der Waals surface area contributed by atoms with Crippen molar-refractivity contribution >= 4 is 38.6 Å². The molecular formula is C24H24BrN3O2. The number of nitrogens with one attached hydrogen (secondary N) is 1. The van der Waals surface area contributed by atoms with Crippen LogP contribution in [0.2, 0.25) is 0 Å². The van der Waals surface area contributed by atoms with E-state index in [1.807, 2.05) is 41.3 Å². The van der Waals surface area contributed by atoms with Crippen LogP contribution in [0, 0.1) is 0 Å². The van der Waals surface area contributed by atoms with Gasteiger partial charge in [0.25, 0.3) is 0 Å². The highest BCUT2D eigenvalue weighted by Crippen LogP contribution is 2.42. The topological polar surface area (TPSA) is 56.4 Å². The molecule has 0 spiro atoms. The first-order valence-electron chi connectivity index (χ1n) is 10.5. The number of rotatable bonds is 4. The molecule has 1 saturated heterocycles. The van der Waals surface area contributed by atoms with E-state index in [9.17, 15) is 9.59 Å². The zero-order valence-corrected chi connectivity index (χ0v) is 18.5. The van der Waals surface area contributed by atoms with E-state index in [0.29, 0.717) is 13.0 Å². The van der Waals surface area contributed by atoms with Gasteiger partial charge in [-0.1, -0.05) is 59.6 Å². The number of nitrogens with zero attached hydrogens (tertiary/aromatic N) is 2. The van der Waals surface area contributed by atoms with Gasteiger partial charge >= 0.3 is 0 Å². The minimum atomic E-state index is -0.455. The van der Waals surface area contributed by atoms with E-state index in [0.717, 1.165) is 45.0 Å². The van der Waals surface area contributed by atoms with Gasteiger partial charge in [0.1, 0.15) is 6.04 Å². The standard InChI is InChI=1S/C24H24BrN3O2/c1-2-3-12-27-14-21(29)28-20(24(27)30)13-18-17-6-4-5-7-19(17)26-22(18)23(28)15-8-10-16(25)11-9-15/h4-11,20,23,26H,2-3,12-14H2,1H3/t20-,23+/m0/s1. The van der Waals surface area contributed by atoms with Crippen LogP contribution in [0.5, 0.6) is 0 Å². The number of benzene rings is 2. The SMILES string of the molecule is CCCCN1CC(=O)N2[C@H](c3ccc(Br)cc3)c3[nH]c4ccccc4c3C[C@H]2C1=O. The van der Waals surface area contributed by atoms with E-state index in [2.05, 4.69) is 40.0 Å². The number of H-pyrrole nitrogens is 1. The average molecular weight is 466 g/mol. The Balaban J connectivity index is 1.66. The summed E-state index contributed by atoms with van der Waals surface area (Å²) in [5.41, 5.74) is 4.24. The molecule has 2 aliphatic heterocycles. The van der Waals surface area contributed by atoms with Crippen molar-refractivity contribution in [2.45, 2.75) is 38.3 Å². The number of piperazine rings is 1. The minimum absolute atomic E-state index is 0.0212. The largest absolute Gasteiger partial charge is 0.356 e. The zero-order valence-electron chi connectivity index (χ0n) is 16.9. The molecule has 1 aromatic heterocycles. The van der Waals surface area contributed by atoms with Crippen LogP contribution >= 0.6 is 15.9 Å². The maximum atomic E-state index is 13.4. The van der Waals surface area contributed by atoms with Crippen LogP contribution in [0.3, 0.4) is 0 Å². The number of carbonyl (C=O) groups is 2. The Hall–Kier alpha value is -2.60. The van der Waals surface area contributed by atoms with Crippen molar-refractivity contribution in [2.75, 3.05) is 13.1 Å². The first-order valence-corrected chi connectivity index (χ1v) is 11.3. The number of hydrogen-bond donors (Lipinski definition) is 1. The molecule has 1 fully saturated rings. The third-order valence-electron chi connectivity index (χ3n) is 6.31. The molecule has 3 aromatic rings. The summed E-state index contributed by atoms with van der Waals surface area (Å²) in [4.78, 5) is 33.9. The summed E-state index contributed by atoms with van der Waals surface area (Å²) in [7, 11) is 0. The van der Waals surface area contributed by atoms with Gasteiger partial charge in [-0.15, -0.1) is 0 Å². The predicted molar refractivity (Wildman–Crippen MR) is 120 cm³/mol. The first kappa shape index (κ1) is 19.4. The number of aromatic nitrogens is 1. The molecule has 2 aliphatic rings. The Labute approximate surface area is 184 Å². The van der Waals surface area contributed by atoms with Crippen LogP contribution in [-0.2, 0) is 16.0 Å². The molecule has 2 amide bonds. The van der Waals surface area contributed by atoms with Crippen LogP contribution in [0.25, 0.3) is 10.9 Å². The Morgan fingerprint density at radius 3 is 2.63 bits per heavy atom. The normalized spacial score (nSPS) is 21.1. The Bertz CT molecular complexity index is 1120. The lowest BCUT2D eigenvalue weighted by atomic mass is 9.86. The molecule has 0 unspecified atom stereocenters. The zero-order chi connectivity index (χ0) is 20.8. The second kappa shape index (κ2) is 7.58. The van der Waals surface area contributed by atoms with E-state index in [4.69, 9.17) is 0 Å². The molecule has 154 valence electrons. The summed E-state index contributed by atoms with van der Waals surface area (Å²) >= 11 is 3.50. The monoisotopic (exact) mass is 465 g/mol. The molecule has 1 N–H and O–H groups in total. The van der Waals surface area contributed by atoms with Crippen molar-refractivity contribution < 1.29 is 9.59 Å². The molecule has 0 saturated carbocycles. The predicted octanol–water partition coefficient (Wildman–Crippen LogP) is 4.42. The number of hydrogen-bond acceptors (Lipinski definition) is 2. The molecule has 0 radical (unpaired) electrons. The van der Waals surface area contributed by atoms with Gasteiger partial charge in [-0.25, -0.2) is 0 Å². The molecule has 3 heterocycles. The van der Waals surface area contributed by atoms with Gasteiger partial charge in [0.2, 0.25) is 11.8 Å². The smallest absolute Gasteiger partial charge is 0.246 e. The Morgan fingerprint density at radius 1 is 1.10 bits per heavy atom. The van der Waals surface area contributed by atoms with Crippen molar-refractivity contribution in [3.8, 4) is 0 Å². The van der Waals surface area contributed by atoms with E-state index in [1.54, 1.807) is 4.90 Å². The lowest BCUT2D eigenvalue weighted by molar-refractivity contribution is -0.158. The third kappa shape index (κ3) is 3.05. The van der Waals surface area contributed by atoms with Crippen molar-refractivity contribution in [1.82, 2.24) is 14.8 Å². The van der Waals surface area contributed by atoms with Crippen LogP contribution in [-0.4, -0.2) is 45.7 Å². The van der Waals surface area contributed by atoms with Crippen LogP contribution in [0.1, 0.15) is 42.6 Å². The van der Waals surface area contributed by atoms with E-state index < -0.39 is 6.04 Å². The van der Waals surface area contributed by atoms with Gasteiger partial charge in [-0.2, -0.15) is 0 Å². The van der Waals surface area contributed by atoms with Gasteiger partial charge in [0.15, 0.2) is 0 Å². The molecular weight excluding hydrogens is 442 g/mol. The summed E-state index contributed by atoms with van der Waals surface area (Å²) in [6.07, 6.45) is 2.47. The van der Waals surface area contributed by atoms with Crippen molar-refractivity contribution in [1.29, 1.82) is 0 Å². The van der Waals surface area contributed by atoms with Crippen LogP contribution in [0.15, 0.2) is 53.0 Å². The summed E-state index contributed by atoms with van der Waals surface area (Å²) < 4.78 is 0.988. The quantitative estimate of drug-likeness (QED) is 0.619.